The average molecular weight is 461 g/mol. The number of benzene rings is 1. The van der Waals surface area contributed by atoms with Crippen molar-refractivity contribution in [2.45, 2.75) is 82.1 Å². The molecule has 2 unspecified atom stereocenters. The fourth-order valence-electron chi connectivity index (χ4n) is 4.99. The number of fused-ring (bicyclic) bond motifs is 2. The molecule has 0 radical (unpaired) electrons. The molecule has 176 valence electrons. The zero-order valence-corrected chi connectivity index (χ0v) is 19.6. The van der Waals surface area contributed by atoms with Gasteiger partial charge in [0.25, 0.3) is 0 Å². The molecule has 0 saturated carbocycles. The van der Waals surface area contributed by atoms with Gasteiger partial charge in [-0.25, -0.2) is 13.1 Å². The fourth-order valence-corrected chi connectivity index (χ4v) is 6.15. The van der Waals surface area contributed by atoms with Crippen molar-refractivity contribution in [2.24, 2.45) is 5.41 Å². The summed E-state index contributed by atoms with van der Waals surface area (Å²) in [6, 6.07) is 5.93. The van der Waals surface area contributed by atoms with E-state index in [2.05, 4.69) is 35.1 Å². The number of sulfonamides is 1. The summed E-state index contributed by atoms with van der Waals surface area (Å²) < 4.78 is 62.9. The van der Waals surface area contributed by atoms with Crippen molar-refractivity contribution in [2.75, 3.05) is 20.2 Å². The second-order valence-electron chi connectivity index (χ2n) is 9.46. The van der Waals surface area contributed by atoms with Crippen LogP contribution in [0.15, 0.2) is 29.2 Å². The molecule has 2 saturated heterocycles. The van der Waals surface area contributed by atoms with Crippen molar-refractivity contribution < 1.29 is 26.7 Å². The van der Waals surface area contributed by atoms with Gasteiger partial charge in [0.05, 0.1) is 10.5 Å². The van der Waals surface area contributed by atoms with E-state index in [4.69, 9.17) is 4.74 Å². The third kappa shape index (κ3) is 5.74. The topological polar surface area (TPSA) is 67.9 Å². The molecule has 9 heteroatoms. The van der Waals surface area contributed by atoms with Crippen LogP contribution in [0.2, 0.25) is 0 Å². The smallest absolute Gasteiger partial charge is 0.387 e. The van der Waals surface area contributed by atoms with E-state index in [0.29, 0.717) is 18.6 Å². The molecule has 1 aromatic carbocycles. The first-order valence-corrected chi connectivity index (χ1v) is 12.3. The van der Waals surface area contributed by atoms with E-state index in [1.54, 1.807) is 7.11 Å². The van der Waals surface area contributed by atoms with Crippen LogP contribution in [0.1, 0.15) is 52.9 Å². The van der Waals surface area contributed by atoms with E-state index in [0.717, 1.165) is 38.6 Å². The Morgan fingerprint density at radius 2 is 1.77 bits per heavy atom. The Balaban J connectivity index is 1.66. The zero-order valence-electron chi connectivity index (χ0n) is 18.7. The molecule has 31 heavy (non-hydrogen) atoms. The minimum absolute atomic E-state index is 0.0441. The van der Waals surface area contributed by atoms with Gasteiger partial charge in [-0.1, -0.05) is 6.92 Å². The highest BCUT2D eigenvalue weighted by atomic mass is 32.2. The van der Waals surface area contributed by atoms with Crippen LogP contribution >= 0.6 is 0 Å². The van der Waals surface area contributed by atoms with E-state index in [1.807, 2.05) is 0 Å². The maximum atomic E-state index is 12.8. The van der Waals surface area contributed by atoms with Crippen LogP contribution in [0.5, 0.6) is 5.75 Å². The van der Waals surface area contributed by atoms with E-state index < -0.39 is 16.6 Å². The molecular formula is C22H34F2N2O4S. The second kappa shape index (κ2) is 9.29. The second-order valence-corrected chi connectivity index (χ2v) is 11.2. The van der Waals surface area contributed by atoms with Crippen molar-refractivity contribution in [3.63, 3.8) is 0 Å². The van der Waals surface area contributed by atoms with Crippen molar-refractivity contribution in [1.29, 1.82) is 0 Å². The van der Waals surface area contributed by atoms with Gasteiger partial charge in [-0.2, -0.15) is 8.78 Å². The molecule has 3 rings (SSSR count). The average Bonchev–Trinajstić information content (AvgIpc) is 2.95. The number of nitrogens with one attached hydrogen (secondary N) is 1. The highest BCUT2D eigenvalue weighted by molar-refractivity contribution is 7.89. The first-order chi connectivity index (χ1) is 14.5. The molecule has 1 N–H and O–H groups in total. The Bertz CT molecular complexity index is 832. The Morgan fingerprint density at radius 3 is 2.26 bits per heavy atom. The molecule has 6 nitrogen and oxygen atoms in total. The lowest BCUT2D eigenvalue weighted by atomic mass is 9.72. The summed E-state index contributed by atoms with van der Waals surface area (Å²) in [6.07, 6.45) is 5.05. The summed E-state index contributed by atoms with van der Waals surface area (Å²) in [4.78, 5) is 2.59. The maximum absolute atomic E-state index is 12.8. The lowest BCUT2D eigenvalue weighted by Crippen LogP contribution is -2.54. The fraction of sp³-hybridized carbons (Fsp3) is 0.727. The first-order valence-electron chi connectivity index (χ1n) is 10.8. The van der Waals surface area contributed by atoms with Gasteiger partial charge < -0.3 is 9.47 Å². The monoisotopic (exact) mass is 460 g/mol. The summed E-state index contributed by atoms with van der Waals surface area (Å²) in [7, 11) is -2.00. The van der Waals surface area contributed by atoms with Gasteiger partial charge in [-0.3, -0.25) is 4.90 Å². The Morgan fingerprint density at radius 1 is 1.19 bits per heavy atom. The molecular weight excluding hydrogens is 426 g/mol. The Hall–Kier alpha value is -1.29. The van der Waals surface area contributed by atoms with Gasteiger partial charge in [0, 0.05) is 32.3 Å². The van der Waals surface area contributed by atoms with E-state index in [9.17, 15) is 17.2 Å². The molecule has 2 bridgehead atoms. The molecule has 0 aromatic heterocycles. The molecule has 2 aliphatic heterocycles. The maximum Gasteiger partial charge on any atom is 0.387 e. The number of rotatable bonds is 10. The third-order valence-corrected chi connectivity index (χ3v) is 8.39. The predicted molar refractivity (Wildman–Crippen MR) is 115 cm³/mol. The number of hydrogen-bond donors (Lipinski definition) is 1. The molecule has 2 aliphatic rings. The largest absolute Gasteiger partial charge is 0.435 e. The molecule has 2 atom stereocenters. The number of halogens is 2. The summed E-state index contributed by atoms with van der Waals surface area (Å²) >= 11 is 0. The van der Waals surface area contributed by atoms with Gasteiger partial charge in [0.1, 0.15) is 5.75 Å². The highest BCUT2D eigenvalue weighted by Gasteiger charge is 2.48. The summed E-state index contributed by atoms with van der Waals surface area (Å²) in [5, 5.41) is 0. The van der Waals surface area contributed by atoms with E-state index >= 15 is 0 Å². The summed E-state index contributed by atoms with van der Waals surface area (Å²) in [5.74, 6) is -0.0677. The number of alkyl halides is 2. The summed E-state index contributed by atoms with van der Waals surface area (Å²) in [6.45, 7) is 4.62. The van der Waals surface area contributed by atoms with Crippen LogP contribution in [-0.2, 0) is 14.8 Å². The minimum atomic E-state index is -3.74. The molecule has 1 aromatic rings. The summed E-state index contributed by atoms with van der Waals surface area (Å²) in [5.41, 5.74) is -0.305. The van der Waals surface area contributed by atoms with Gasteiger partial charge in [0.15, 0.2) is 0 Å². The molecule has 0 amide bonds. The van der Waals surface area contributed by atoms with Crippen molar-refractivity contribution in [3.8, 4) is 5.75 Å². The van der Waals surface area contributed by atoms with Crippen LogP contribution in [0, 0.1) is 5.41 Å². The first kappa shape index (κ1) is 24.4. The SMILES string of the molecule is CCC1(CNS(=O)(=O)c2ccc(OC(F)F)cc2)CC2CCC(C1)N2CC(C)(C)OC. The van der Waals surface area contributed by atoms with Crippen molar-refractivity contribution in [1.82, 2.24) is 9.62 Å². The van der Waals surface area contributed by atoms with Crippen molar-refractivity contribution in [3.05, 3.63) is 24.3 Å². The van der Waals surface area contributed by atoms with Gasteiger partial charge >= 0.3 is 6.61 Å². The van der Waals surface area contributed by atoms with Crippen LogP contribution < -0.4 is 9.46 Å². The van der Waals surface area contributed by atoms with Crippen LogP contribution in [0.25, 0.3) is 0 Å². The normalized spacial score (nSPS) is 27.1. The van der Waals surface area contributed by atoms with Crippen LogP contribution in [0.3, 0.4) is 0 Å². The molecule has 0 spiro atoms. The van der Waals surface area contributed by atoms with E-state index in [-0.39, 0.29) is 21.7 Å². The van der Waals surface area contributed by atoms with Gasteiger partial charge in [0.2, 0.25) is 10.0 Å². The number of hydrogen-bond acceptors (Lipinski definition) is 5. The number of ether oxygens (including phenoxy) is 2. The number of methoxy groups -OCH3 is 1. The zero-order chi connectivity index (χ0) is 22.9. The Kier molecular flexibility index (Phi) is 7.30. The van der Waals surface area contributed by atoms with E-state index in [1.165, 1.54) is 24.3 Å². The predicted octanol–water partition coefficient (Wildman–Crippen LogP) is 4.01. The van der Waals surface area contributed by atoms with Crippen LogP contribution in [-0.4, -0.2) is 57.8 Å². The lowest BCUT2D eigenvalue weighted by Gasteiger charge is -2.48. The lowest BCUT2D eigenvalue weighted by molar-refractivity contribution is -0.0498. The number of nitrogens with zero attached hydrogens (tertiary/aromatic N) is 1. The molecule has 2 heterocycles. The van der Waals surface area contributed by atoms with Crippen molar-refractivity contribution >= 4 is 10.0 Å². The van der Waals surface area contributed by atoms with Gasteiger partial charge in [-0.05, 0) is 75.6 Å². The number of piperidine rings is 1. The highest BCUT2D eigenvalue weighted by Crippen LogP contribution is 2.47. The van der Waals surface area contributed by atoms with Crippen LogP contribution in [0.4, 0.5) is 8.78 Å². The quantitative estimate of drug-likeness (QED) is 0.571. The Labute approximate surface area is 184 Å². The molecule has 0 aliphatic carbocycles. The molecule has 2 fully saturated rings. The minimum Gasteiger partial charge on any atom is -0.435 e. The third-order valence-electron chi connectivity index (χ3n) is 6.97. The standard InChI is InChI=1S/C22H34F2N2O4S/c1-5-22(12-16-6-7-17(13-22)26(16)15-21(2,3)29-4)14-25-31(27,28)19-10-8-18(9-11-19)30-20(23)24/h8-11,16-17,20,25H,5-7,12-15H2,1-4H3. The van der Waals surface area contributed by atoms with Gasteiger partial charge in [-0.15, -0.1) is 0 Å².